The van der Waals surface area contributed by atoms with Gasteiger partial charge in [0.15, 0.2) is 5.84 Å². The van der Waals surface area contributed by atoms with Crippen LogP contribution in [0.4, 0.5) is 0 Å². The van der Waals surface area contributed by atoms with Gasteiger partial charge < -0.3 is 15.7 Å². The van der Waals surface area contributed by atoms with Crippen LogP contribution in [0.25, 0.3) is 0 Å². The SMILES string of the molecule is COc1cc(CSc2ccc(Br)cc2)ccc1/C(N)=N/O. The molecule has 0 heterocycles. The van der Waals surface area contributed by atoms with Crippen LogP contribution in [0.15, 0.2) is 57.0 Å². The molecule has 0 spiro atoms. The summed E-state index contributed by atoms with van der Waals surface area (Å²) in [6.07, 6.45) is 0. The number of hydrogen-bond donors (Lipinski definition) is 2. The van der Waals surface area contributed by atoms with Gasteiger partial charge in [0.2, 0.25) is 0 Å². The molecule has 0 radical (unpaired) electrons. The van der Waals surface area contributed by atoms with Crippen molar-refractivity contribution in [3.63, 3.8) is 0 Å². The third-order valence-corrected chi connectivity index (χ3v) is 4.48. The summed E-state index contributed by atoms with van der Waals surface area (Å²) in [5, 5.41) is 11.8. The molecule has 0 atom stereocenters. The number of amidine groups is 1. The van der Waals surface area contributed by atoms with Crippen LogP contribution >= 0.6 is 27.7 Å². The zero-order chi connectivity index (χ0) is 15.2. The maximum absolute atomic E-state index is 8.75. The van der Waals surface area contributed by atoms with Gasteiger partial charge in [-0.3, -0.25) is 0 Å². The molecular weight excluding hydrogens is 352 g/mol. The molecule has 2 rings (SSSR count). The molecule has 6 heteroatoms. The Morgan fingerprint density at radius 2 is 2.00 bits per heavy atom. The van der Waals surface area contributed by atoms with Gasteiger partial charge in [-0.15, -0.1) is 11.8 Å². The molecule has 0 saturated carbocycles. The van der Waals surface area contributed by atoms with Gasteiger partial charge in [0.25, 0.3) is 0 Å². The van der Waals surface area contributed by atoms with Crippen molar-refractivity contribution in [1.29, 1.82) is 0 Å². The highest BCUT2D eigenvalue weighted by Crippen LogP contribution is 2.27. The summed E-state index contributed by atoms with van der Waals surface area (Å²) in [5.74, 6) is 1.45. The summed E-state index contributed by atoms with van der Waals surface area (Å²) in [6.45, 7) is 0. The molecule has 4 nitrogen and oxygen atoms in total. The minimum atomic E-state index is 0.0407. The number of nitrogens with two attached hydrogens (primary N) is 1. The number of oxime groups is 1. The summed E-state index contributed by atoms with van der Waals surface area (Å²) in [5.41, 5.74) is 7.30. The van der Waals surface area contributed by atoms with Crippen molar-refractivity contribution in [2.45, 2.75) is 10.6 Å². The summed E-state index contributed by atoms with van der Waals surface area (Å²) in [6, 6.07) is 13.8. The van der Waals surface area contributed by atoms with E-state index in [1.807, 2.05) is 24.3 Å². The molecule has 0 aromatic heterocycles. The molecule has 0 amide bonds. The largest absolute Gasteiger partial charge is 0.496 e. The van der Waals surface area contributed by atoms with Gasteiger partial charge >= 0.3 is 0 Å². The number of ether oxygens (including phenoxy) is 1. The van der Waals surface area contributed by atoms with Gasteiger partial charge in [-0.2, -0.15) is 0 Å². The number of methoxy groups -OCH3 is 1. The molecule has 110 valence electrons. The Morgan fingerprint density at radius 1 is 1.29 bits per heavy atom. The zero-order valence-corrected chi connectivity index (χ0v) is 13.8. The monoisotopic (exact) mass is 366 g/mol. The third kappa shape index (κ3) is 4.15. The van der Waals surface area contributed by atoms with E-state index in [-0.39, 0.29) is 5.84 Å². The lowest BCUT2D eigenvalue weighted by atomic mass is 10.1. The highest BCUT2D eigenvalue weighted by atomic mass is 79.9. The molecule has 2 aromatic rings. The molecule has 0 aliphatic heterocycles. The van der Waals surface area contributed by atoms with E-state index >= 15 is 0 Å². The fraction of sp³-hybridized carbons (Fsp3) is 0.133. The van der Waals surface area contributed by atoms with Crippen LogP contribution in [0.5, 0.6) is 5.75 Å². The van der Waals surface area contributed by atoms with Crippen molar-refractivity contribution in [3.05, 3.63) is 58.1 Å². The molecule has 0 aliphatic carbocycles. The first kappa shape index (κ1) is 15.7. The summed E-state index contributed by atoms with van der Waals surface area (Å²) in [7, 11) is 1.56. The number of nitrogens with zero attached hydrogens (tertiary/aromatic N) is 1. The summed E-state index contributed by atoms with van der Waals surface area (Å²) < 4.78 is 6.36. The Hall–Kier alpha value is -1.66. The Morgan fingerprint density at radius 3 is 2.62 bits per heavy atom. The van der Waals surface area contributed by atoms with Gasteiger partial charge in [-0.1, -0.05) is 27.2 Å². The van der Waals surface area contributed by atoms with Crippen molar-refractivity contribution < 1.29 is 9.94 Å². The highest BCUT2D eigenvalue weighted by Gasteiger charge is 2.09. The quantitative estimate of drug-likeness (QED) is 0.277. The lowest BCUT2D eigenvalue weighted by Crippen LogP contribution is -2.14. The predicted molar refractivity (Wildman–Crippen MR) is 89.2 cm³/mol. The minimum absolute atomic E-state index is 0.0407. The number of thioether (sulfide) groups is 1. The molecule has 3 N–H and O–H groups in total. The maximum Gasteiger partial charge on any atom is 0.173 e. The van der Waals surface area contributed by atoms with E-state index in [1.165, 1.54) is 4.90 Å². The van der Waals surface area contributed by atoms with Crippen LogP contribution in [-0.4, -0.2) is 18.2 Å². The molecule has 0 aliphatic rings. The van der Waals surface area contributed by atoms with E-state index in [4.69, 9.17) is 15.7 Å². The lowest BCUT2D eigenvalue weighted by molar-refractivity contribution is 0.318. The van der Waals surface area contributed by atoms with Crippen LogP contribution < -0.4 is 10.5 Å². The number of benzene rings is 2. The first-order chi connectivity index (χ1) is 10.1. The maximum atomic E-state index is 8.75. The second kappa shape index (κ2) is 7.38. The van der Waals surface area contributed by atoms with Crippen LogP contribution in [0, 0.1) is 0 Å². The number of hydrogen-bond acceptors (Lipinski definition) is 4. The molecule has 0 saturated heterocycles. The van der Waals surface area contributed by atoms with Gasteiger partial charge in [-0.05, 0) is 42.0 Å². The fourth-order valence-electron chi connectivity index (χ4n) is 1.79. The van der Waals surface area contributed by atoms with Gasteiger partial charge in [0, 0.05) is 15.1 Å². The van der Waals surface area contributed by atoms with Crippen molar-refractivity contribution in [1.82, 2.24) is 0 Å². The topological polar surface area (TPSA) is 67.8 Å². The van der Waals surface area contributed by atoms with Crippen LogP contribution in [0.3, 0.4) is 0 Å². The zero-order valence-electron chi connectivity index (χ0n) is 11.4. The van der Waals surface area contributed by atoms with Crippen LogP contribution in [-0.2, 0) is 5.75 Å². The average molecular weight is 367 g/mol. The average Bonchev–Trinajstić information content (AvgIpc) is 2.53. The highest BCUT2D eigenvalue weighted by molar-refractivity contribution is 9.10. The molecule has 0 fully saturated rings. The second-order valence-electron chi connectivity index (χ2n) is 4.26. The van der Waals surface area contributed by atoms with Gasteiger partial charge in [-0.25, -0.2) is 0 Å². The Bertz CT molecular complexity index is 645. The molecular formula is C15H15BrN2O2S. The van der Waals surface area contributed by atoms with E-state index in [1.54, 1.807) is 24.9 Å². The van der Waals surface area contributed by atoms with Gasteiger partial charge in [0.1, 0.15) is 5.75 Å². The second-order valence-corrected chi connectivity index (χ2v) is 6.23. The first-order valence-corrected chi connectivity index (χ1v) is 7.95. The fourth-order valence-corrected chi connectivity index (χ4v) is 2.89. The van der Waals surface area contributed by atoms with Gasteiger partial charge in [0.05, 0.1) is 12.7 Å². The summed E-state index contributed by atoms with van der Waals surface area (Å²) >= 11 is 5.15. The molecule has 0 bridgehead atoms. The third-order valence-electron chi connectivity index (χ3n) is 2.87. The Kier molecular flexibility index (Phi) is 5.52. The Balaban J connectivity index is 2.12. The molecule has 2 aromatic carbocycles. The van der Waals surface area contributed by atoms with E-state index in [0.29, 0.717) is 11.3 Å². The van der Waals surface area contributed by atoms with Crippen molar-refractivity contribution >= 4 is 33.5 Å². The Labute approximate surface area is 136 Å². The van der Waals surface area contributed by atoms with E-state index in [2.05, 4.69) is 33.2 Å². The molecule has 21 heavy (non-hydrogen) atoms. The van der Waals surface area contributed by atoms with Crippen molar-refractivity contribution in [2.24, 2.45) is 10.9 Å². The van der Waals surface area contributed by atoms with E-state index in [9.17, 15) is 0 Å². The van der Waals surface area contributed by atoms with Crippen molar-refractivity contribution in [2.75, 3.05) is 7.11 Å². The van der Waals surface area contributed by atoms with Crippen LogP contribution in [0.2, 0.25) is 0 Å². The smallest absolute Gasteiger partial charge is 0.173 e. The standard InChI is InChI=1S/C15H15BrN2O2S/c1-20-14-8-10(2-7-13(14)15(17)18-19)9-21-12-5-3-11(16)4-6-12/h2-8,19H,9H2,1H3,(H2,17,18). The predicted octanol–water partition coefficient (Wildman–Crippen LogP) is 3.84. The van der Waals surface area contributed by atoms with E-state index in [0.717, 1.165) is 15.8 Å². The van der Waals surface area contributed by atoms with E-state index < -0.39 is 0 Å². The first-order valence-electron chi connectivity index (χ1n) is 6.17. The number of rotatable bonds is 5. The molecule has 0 unspecified atom stereocenters. The lowest BCUT2D eigenvalue weighted by Gasteiger charge is -2.09. The van der Waals surface area contributed by atoms with Crippen molar-refractivity contribution in [3.8, 4) is 5.75 Å². The number of halogens is 1. The summed E-state index contributed by atoms with van der Waals surface area (Å²) in [4.78, 5) is 1.19. The minimum Gasteiger partial charge on any atom is -0.496 e. The normalized spacial score (nSPS) is 11.4. The van der Waals surface area contributed by atoms with Crippen LogP contribution in [0.1, 0.15) is 11.1 Å².